The van der Waals surface area contributed by atoms with E-state index < -0.39 is 0 Å². The largest absolute Gasteiger partial charge is 0.465 e. The molecule has 0 fully saturated rings. The van der Waals surface area contributed by atoms with Gasteiger partial charge in [-0.1, -0.05) is 115 Å². The highest BCUT2D eigenvalue weighted by Crippen LogP contribution is 2.56. The predicted octanol–water partition coefficient (Wildman–Crippen LogP) is 13.1. The predicted molar refractivity (Wildman–Crippen MR) is 207 cm³/mol. The van der Waals surface area contributed by atoms with Gasteiger partial charge in [0.2, 0.25) is 0 Å². The van der Waals surface area contributed by atoms with Crippen LogP contribution in [-0.2, 0) is 14.9 Å². The second-order valence-corrected chi connectivity index (χ2v) is 16.0. The number of rotatable bonds is 18. The highest BCUT2D eigenvalue weighted by atomic mass is 32.1. The minimum atomic E-state index is -0.278. The number of fused-ring (bicyclic) bond motifs is 3. The summed E-state index contributed by atoms with van der Waals surface area (Å²) in [6.07, 6.45) is 17.5. The molecule has 0 amide bonds. The van der Waals surface area contributed by atoms with Crippen LogP contribution in [0.3, 0.4) is 0 Å². The number of carbonyl (C=O) groups is 2. The van der Waals surface area contributed by atoms with Crippen LogP contribution in [0.2, 0.25) is 0 Å². The normalized spacial score (nSPS) is 12.9. The van der Waals surface area contributed by atoms with Crippen molar-refractivity contribution in [1.29, 1.82) is 0 Å². The van der Waals surface area contributed by atoms with Gasteiger partial charge in [0, 0.05) is 15.2 Å². The smallest absolute Gasteiger partial charge is 0.348 e. The van der Waals surface area contributed by atoms with Gasteiger partial charge in [0.15, 0.2) is 0 Å². The van der Waals surface area contributed by atoms with E-state index in [9.17, 15) is 9.59 Å². The molecule has 0 aliphatic heterocycles. The third-order valence-electron chi connectivity index (χ3n) is 10.4. The van der Waals surface area contributed by atoms with Crippen LogP contribution in [0, 0.1) is 13.8 Å². The molecule has 4 aromatic rings. The molecule has 262 valence electrons. The summed E-state index contributed by atoms with van der Waals surface area (Å²) in [6.45, 7) is 8.75. The molecular weight excluding hydrogens is 645 g/mol. The van der Waals surface area contributed by atoms with Crippen LogP contribution in [-0.4, -0.2) is 26.2 Å². The summed E-state index contributed by atoms with van der Waals surface area (Å²) in [5.74, 6) is -0.555. The summed E-state index contributed by atoms with van der Waals surface area (Å²) in [5, 5.41) is 0. The zero-order valence-corrected chi connectivity index (χ0v) is 32.1. The molecule has 0 unspecified atom stereocenters. The average molecular weight is 699 g/mol. The summed E-state index contributed by atoms with van der Waals surface area (Å²) in [6, 6.07) is 18.0. The Balaban J connectivity index is 1.62. The van der Waals surface area contributed by atoms with E-state index >= 15 is 0 Å². The Morgan fingerprint density at radius 3 is 1.35 bits per heavy atom. The van der Waals surface area contributed by atoms with Crippen LogP contribution in [0.25, 0.3) is 32.0 Å². The van der Waals surface area contributed by atoms with Crippen LogP contribution in [0.1, 0.15) is 145 Å². The highest BCUT2D eigenvalue weighted by Gasteiger charge is 2.43. The zero-order chi connectivity index (χ0) is 35.0. The van der Waals surface area contributed by atoms with Gasteiger partial charge < -0.3 is 9.47 Å². The monoisotopic (exact) mass is 698 g/mol. The van der Waals surface area contributed by atoms with Gasteiger partial charge in [-0.3, -0.25) is 0 Å². The number of hydrogen-bond acceptors (Lipinski definition) is 6. The van der Waals surface area contributed by atoms with E-state index in [0.717, 1.165) is 33.7 Å². The summed E-state index contributed by atoms with van der Waals surface area (Å²) in [7, 11) is 2.90. The number of carbonyl (C=O) groups excluding carboxylic acids is 2. The second-order valence-electron chi connectivity index (χ2n) is 13.9. The molecule has 1 aliphatic carbocycles. The fourth-order valence-corrected chi connectivity index (χ4v) is 9.97. The van der Waals surface area contributed by atoms with Gasteiger partial charge in [-0.05, 0) is 95.5 Å². The number of ether oxygens (including phenoxy) is 2. The molecule has 1 aliphatic rings. The SMILES string of the molecule is CCCCCCCCC1(CCCCCCCC)c2cc(-c3sc(C(=O)OC)cc3C)ccc2-c2ccc(-c3sc(C(=O)OC)cc3C)cc21. The fraction of sp³-hybridized carbons (Fsp3) is 0.488. The van der Waals surface area contributed by atoms with Crippen molar-refractivity contribution in [3.8, 4) is 32.0 Å². The van der Waals surface area contributed by atoms with Crippen LogP contribution >= 0.6 is 22.7 Å². The standard InChI is InChI=1S/C43H54O4S2/c1-7-9-11-13-15-17-23-43(24-18-16-14-12-10-8-2)35-27-31(39-29(3)25-37(48-39)41(44)46-5)19-21-33(35)34-22-20-32(28-36(34)43)40-30(4)26-38(49-40)42(45)47-6/h19-22,25-28H,7-18,23-24H2,1-6H3. The van der Waals surface area contributed by atoms with Crippen molar-refractivity contribution >= 4 is 34.6 Å². The van der Waals surface area contributed by atoms with Crippen molar-refractivity contribution in [1.82, 2.24) is 0 Å². The lowest BCUT2D eigenvalue weighted by Gasteiger charge is -2.33. The van der Waals surface area contributed by atoms with E-state index in [-0.39, 0.29) is 17.4 Å². The first-order valence-electron chi connectivity index (χ1n) is 18.5. The Hall–Kier alpha value is -3.22. The Morgan fingerprint density at radius 2 is 0.959 bits per heavy atom. The lowest BCUT2D eigenvalue weighted by Crippen LogP contribution is -2.25. The van der Waals surface area contributed by atoms with Gasteiger partial charge in [0.1, 0.15) is 9.75 Å². The van der Waals surface area contributed by atoms with E-state index in [2.05, 4.69) is 64.1 Å². The van der Waals surface area contributed by atoms with Crippen molar-refractivity contribution < 1.29 is 19.1 Å². The maximum atomic E-state index is 12.5. The van der Waals surface area contributed by atoms with Crippen molar-refractivity contribution in [2.24, 2.45) is 0 Å². The highest BCUT2D eigenvalue weighted by molar-refractivity contribution is 7.17. The molecule has 2 heterocycles. The van der Waals surface area contributed by atoms with Crippen LogP contribution in [0.15, 0.2) is 48.5 Å². The molecule has 4 nitrogen and oxygen atoms in total. The number of benzene rings is 2. The Labute approximate surface area is 302 Å². The summed E-state index contributed by atoms with van der Waals surface area (Å²) >= 11 is 3.06. The maximum Gasteiger partial charge on any atom is 0.348 e. The molecular formula is C43H54O4S2. The van der Waals surface area contributed by atoms with E-state index in [1.54, 1.807) is 0 Å². The van der Waals surface area contributed by atoms with Crippen LogP contribution < -0.4 is 0 Å². The quantitative estimate of drug-likeness (QED) is 0.0767. The fourth-order valence-electron chi connectivity index (χ4n) is 7.80. The van der Waals surface area contributed by atoms with E-state index in [0.29, 0.717) is 9.75 Å². The minimum absolute atomic E-state index is 0.0983. The van der Waals surface area contributed by atoms with Crippen molar-refractivity contribution in [2.45, 2.75) is 123 Å². The molecule has 0 radical (unpaired) electrons. The first-order chi connectivity index (χ1) is 23.8. The van der Waals surface area contributed by atoms with Gasteiger partial charge in [-0.15, -0.1) is 22.7 Å². The lowest BCUT2D eigenvalue weighted by molar-refractivity contribution is 0.0597. The van der Waals surface area contributed by atoms with Gasteiger partial charge in [0.05, 0.1) is 14.2 Å². The van der Waals surface area contributed by atoms with E-state index in [1.165, 1.54) is 147 Å². The van der Waals surface area contributed by atoms with Gasteiger partial charge in [-0.25, -0.2) is 9.59 Å². The lowest BCUT2D eigenvalue weighted by atomic mass is 9.70. The molecule has 0 saturated carbocycles. The Kier molecular flexibility index (Phi) is 13.0. The van der Waals surface area contributed by atoms with Crippen molar-refractivity contribution in [2.75, 3.05) is 14.2 Å². The van der Waals surface area contributed by atoms with Crippen LogP contribution in [0.4, 0.5) is 0 Å². The first-order valence-corrected chi connectivity index (χ1v) is 20.1. The van der Waals surface area contributed by atoms with E-state index in [1.807, 2.05) is 12.1 Å². The maximum absolute atomic E-state index is 12.5. The molecule has 0 bridgehead atoms. The van der Waals surface area contributed by atoms with Gasteiger partial charge >= 0.3 is 11.9 Å². The summed E-state index contributed by atoms with van der Waals surface area (Å²) in [4.78, 5) is 28.5. The van der Waals surface area contributed by atoms with Gasteiger partial charge in [0.25, 0.3) is 0 Å². The summed E-state index contributed by atoms with van der Waals surface area (Å²) < 4.78 is 10.1. The molecule has 49 heavy (non-hydrogen) atoms. The summed E-state index contributed by atoms with van der Waals surface area (Å²) in [5.41, 5.74) is 10.0. The molecule has 5 rings (SSSR count). The van der Waals surface area contributed by atoms with Crippen molar-refractivity contribution in [3.63, 3.8) is 0 Å². The van der Waals surface area contributed by atoms with Crippen LogP contribution in [0.5, 0.6) is 0 Å². The van der Waals surface area contributed by atoms with Gasteiger partial charge in [-0.2, -0.15) is 0 Å². The molecule has 6 heteroatoms. The Morgan fingerprint density at radius 1 is 0.571 bits per heavy atom. The minimum Gasteiger partial charge on any atom is -0.465 e. The van der Waals surface area contributed by atoms with Crippen molar-refractivity contribution in [3.05, 3.63) is 80.5 Å². The number of methoxy groups -OCH3 is 2. The third-order valence-corrected chi connectivity index (χ3v) is 12.9. The molecule has 0 N–H and O–H groups in total. The van der Waals surface area contributed by atoms with E-state index in [4.69, 9.17) is 9.47 Å². The number of aryl methyl sites for hydroxylation is 2. The number of esters is 2. The molecule has 0 atom stereocenters. The molecule has 2 aromatic carbocycles. The molecule has 0 saturated heterocycles. The third kappa shape index (κ3) is 8.07. The number of hydrogen-bond donors (Lipinski definition) is 0. The number of unbranched alkanes of at least 4 members (excludes halogenated alkanes) is 10. The Bertz CT molecular complexity index is 1610. The average Bonchev–Trinajstić information content (AvgIpc) is 3.78. The number of thiophene rings is 2. The second kappa shape index (κ2) is 17.1. The molecule has 2 aromatic heterocycles. The molecule has 0 spiro atoms. The topological polar surface area (TPSA) is 52.6 Å². The first kappa shape index (κ1) is 37.0. The zero-order valence-electron chi connectivity index (χ0n) is 30.5.